The van der Waals surface area contributed by atoms with Crippen molar-refractivity contribution in [1.29, 1.82) is 0 Å². The van der Waals surface area contributed by atoms with E-state index in [1.54, 1.807) is 41.2 Å². The highest BCUT2D eigenvalue weighted by atomic mass is 19.3. The summed E-state index contributed by atoms with van der Waals surface area (Å²) in [7, 11) is 0. The fourth-order valence-electron chi connectivity index (χ4n) is 2.92. The fraction of sp³-hybridized carbons (Fsp3) is 0.364. The number of benzene rings is 2. The van der Waals surface area contributed by atoms with Crippen LogP contribution >= 0.6 is 0 Å². The molecule has 0 aliphatic heterocycles. The molecule has 7 heteroatoms. The van der Waals surface area contributed by atoms with Gasteiger partial charge >= 0.3 is 0 Å². The van der Waals surface area contributed by atoms with Crippen LogP contribution in [0.4, 0.5) is 8.78 Å². The summed E-state index contributed by atoms with van der Waals surface area (Å²) in [5.74, 6) is 1.35. The summed E-state index contributed by atoms with van der Waals surface area (Å²) in [5.41, 5.74) is 2.27. The van der Waals surface area contributed by atoms with Gasteiger partial charge in [0.1, 0.15) is 18.1 Å². The molecule has 0 aliphatic carbocycles. The summed E-state index contributed by atoms with van der Waals surface area (Å²) in [5, 5.41) is 5.27. The van der Waals surface area contributed by atoms with Crippen molar-refractivity contribution in [2.24, 2.45) is 5.92 Å². The predicted octanol–water partition coefficient (Wildman–Crippen LogP) is 4.97. The van der Waals surface area contributed by atoms with E-state index >= 15 is 0 Å². The van der Waals surface area contributed by atoms with E-state index in [9.17, 15) is 13.6 Å². The number of alkyl halides is 2. The Morgan fingerprint density at radius 3 is 2.59 bits per heavy atom. The molecule has 154 valence electrons. The number of ketones is 1. The summed E-state index contributed by atoms with van der Waals surface area (Å²) in [6.45, 7) is 5.87. The molecule has 0 N–H and O–H groups in total. The van der Waals surface area contributed by atoms with Crippen LogP contribution in [0.1, 0.15) is 36.7 Å². The molecular weight excluding hydrogens is 378 g/mol. The number of fused-ring (bicyclic) bond motifs is 1. The van der Waals surface area contributed by atoms with E-state index in [0.29, 0.717) is 36.1 Å². The van der Waals surface area contributed by atoms with E-state index in [1.807, 2.05) is 19.9 Å². The zero-order valence-corrected chi connectivity index (χ0v) is 16.7. The maximum absolute atomic E-state index is 12.5. The van der Waals surface area contributed by atoms with Crippen molar-refractivity contribution in [3.63, 3.8) is 0 Å². The van der Waals surface area contributed by atoms with E-state index in [-0.39, 0.29) is 5.78 Å². The minimum atomic E-state index is -2.54. The van der Waals surface area contributed by atoms with Crippen LogP contribution in [0.5, 0.6) is 11.5 Å². The van der Waals surface area contributed by atoms with Gasteiger partial charge in [0.25, 0.3) is 6.43 Å². The van der Waals surface area contributed by atoms with Gasteiger partial charge in [-0.1, -0.05) is 13.8 Å². The average Bonchev–Trinajstić information content (AvgIpc) is 3.07. The fourth-order valence-corrected chi connectivity index (χ4v) is 2.92. The molecule has 0 fully saturated rings. The van der Waals surface area contributed by atoms with Crippen molar-refractivity contribution in [2.45, 2.75) is 33.7 Å². The molecule has 0 saturated carbocycles. The third-order valence-electron chi connectivity index (χ3n) is 4.35. The summed E-state index contributed by atoms with van der Waals surface area (Å²) < 4.78 is 37.8. The molecule has 0 atom stereocenters. The smallest absolute Gasteiger partial charge is 0.272 e. The largest absolute Gasteiger partial charge is 0.493 e. The van der Waals surface area contributed by atoms with Crippen LogP contribution in [0.3, 0.4) is 0 Å². The van der Waals surface area contributed by atoms with Crippen molar-refractivity contribution in [2.75, 3.05) is 13.2 Å². The van der Waals surface area contributed by atoms with Crippen LogP contribution < -0.4 is 9.47 Å². The molecular formula is C22H24F2N2O3. The molecule has 0 saturated heterocycles. The van der Waals surface area contributed by atoms with Gasteiger partial charge in [0.05, 0.1) is 24.9 Å². The SMILES string of the molecule is CC(=O)c1ccc2c(cnn2Cc2cc(OCC(F)F)ccc2OCC(C)C)c1. The van der Waals surface area contributed by atoms with Crippen LogP contribution in [0, 0.1) is 5.92 Å². The second-order valence-corrected chi connectivity index (χ2v) is 7.31. The average molecular weight is 402 g/mol. The Morgan fingerprint density at radius 2 is 1.90 bits per heavy atom. The minimum Gasteiger partial charge on any atom is -0.493 e. The highest BCUT2D eigenvalue weighted by molar-refractivity contribution is 5.97. The molecule has 5 nitrogen and oxygen atoms in total. The van der Waals surface area contributed by atoms with Crippen molar-refractivity contribution in [1.82, 2.24) is 9.78 Å². The summed E-state index contributed by atoms with van der Waals surface area (Å²) in [6.07, 6.45) is -0.839. The number of ether oxygens (including phenoxy) is 2. The first kappa shape index (κ1) is 20.8. The summed E-state index contributed by atoms with van der Waals surface area (Å²) in [6, 6.07) is 10.5. The monoisotopic (exact) mass is 402 g/mol. The van der Waals surface area contributed by atoms with Crippen LogP contribution in [0.15, 0.2) is 42.6 Å². The minimum absolute atomic E-state index is 0.00657. The van der Waals surface area contributed by atoms with Crippen LogP contribution in [-0.2, 0) is 6.54 Å². The lowest BCUT2D eigenvalue weighted by atomic mass is 10.1. The van der Waals surface area contributed by atoms with Crippen molar-refractivity contribution in [3.8, 4) is 11.5 Å². The summed E-state index contributed by atoms with van der Waals surface area (Å²) in [4.78, 5) is 11.6. The lowest BCUT2D eigenvalue weighted by molar-refractivity contribution is 0.0818. The Morgan fingerprint density at radius 1 is 1.10 bits per heavy atom. The zero-order chi connectivity index (χ0) is 21.0. The number of halogens is 2. The highest BCUT2D eigenvalue weighted by Gasteiger charge is 2.13. The molecule has 0 aliphatic rings. The number of carbonyl (C=O) groups is 1. The number of Topliss-reactive ketones (excluding diaryl/α,β-unsaturated/α-hetero) is 1. The van der Waals surface area contributed by atoms with E-state index < -0.39 is 13.0 Å². The third-order valence-corrected chi connectivity index (χ3v) is 4.35. The van der Waals surface area contributed by atoms with Crippen molar-refractivity contribution in [3.05, 3.63) is 53.7 Å². The molecule has 0 amide bonds. The number of rotatable bonds is 9. The predicted molar refractivity (Wildman–Crippen MR) is 107 cm³/mol. The standard InChI is InChI=1S/C22H24F2N2O3/c1-14(2)12-29-21-7-5-19(28-13-22(23)24)9-18(21)11-26-20-6-4-16(15(3)27)8-17(20)10-25-26/h4-10,14,22H,11-13H2,1-3H3. The van der Waals surface area contributed by atoms with Gasteiger partial charge in [0, 0.05) is 16.5 Å². The normalized spacial score (nSPS) is 11.4. The van der Waals surface area contributed by atoms with Gasteiger partial charge in [-0.05, 0) is 49.2 Å². The molecule has 1 aromatic heterocycles. The molecule has 0 unspecified atom stereocenters. The van der Waals surface area contributed by atoms with E-state index in [2.05, 4.69) is 5.10 Å². The van der Waals surface area contributed by atoms with Crippen LogP contribution in [0.25, 0.3) is 10.9 Å². The first-order valence-electron chi connectivity index (χ1n) is 9.46. The lowest BCUT2D eigenvalue weighted by Gasteiger charge is -2.15. The quantitative estimate of drug-likeness (QED) is 0.475. The lowest BCUT2D eigenvalue weighted by Crippen LogP contribution is -2.10. The van der Waals surface area contributed by atoms with Crippen molar-refractivity contribution < 1.29 is 23.0 Å². The Bertz CT molecular complexity index is 999. The maximum atomic E-state index is 12.5. The summed E-state index contributed by atoms with van der Waals surface area (Å²) >= 11 is 0. The second kappa shape index (κ2) is 9.03. The van der Waals surface area contributed by atoms with E-state index in [1.165, 1.54) is 6.92 Å². The zero-order valence-electron chi connectivity index (χ0n) is 16.7. The molecule has 29 heavy (non-hydrogen) atoms. The van der Waals surface area contributed by atoms with Crippen LogP contribution in [-0.4, -0.2) is 35.2 Å². The highest BCUT2D eigenvalue weighted by Crippen LogP contribution is 2.27. The second-order valence-electron chi connectivity index (χ2n) is 7.31. The molecule has 0 spiro atoms. The van der Waals surface area contributed by atoms with E-state index in [0.717, 1.165) is 16.5 Å². The number of nitrogens with zero attached hydrogens (tertiary/aromatic N) is 2. The molecule has 3 aromatic rings. The topological polar surface area (TPSA) is 53.4 Å². The maximum Gasteiger partial charge on any atom is 0.272 e. The van der Waals surface area contributed by atoms with Gasteiger partial charge in [-0.3, -0.25) is 9.48 Å². The number of aromatic nitrogens is 2. The Balaban J connectivity index is 1.91. The first-order valence-corrected chi connectivity index (χ1v) is 9.46. The molecule has 0 radical (unpaired) electrons. The molecule has 1 heterocycles. The van der Waals surface area contributed by atoms with Crippen molar-refractivity contribution >= 4 is 16.7 Å². The number of hydrogen-bond donors (Lipinski definition) is 0. The van der Waals surface area contributed by atoms with Gasteiger partial charge in [0.2, 0.25) is 0 Å². The van der Waals surface area contributed by atoms with Gasteiger partial charge in [-0.25, -0.2) is 8.78 Å². The van der Waals surface area contributed by atoms with Crippen LogP contribution in [0.2, 0.25) is 0 Å². The molecule has 0 bridgehead atoms. The van der Waals surface area contributed by atoms with E-state index in [4.69, 9.17) is 9.47 Å². The van der Waals surface area contributed by atoms with Gasteiger partial charge < -0.3 is 9.47 Å². The van der Waals surface area contributed by atoms with Gasteiger partial charge in [-0.2, -0.15) is 5.10 Å². The number of carbonyl (C=O) groups excluding carboxylic acids is 1. The molecule has 2 aromatic carbocycles. The Hall–Kier alpha value is -2.96. The first-order chi connectivity index (χ1) is 13.8. The Kier molecular flexibility index (Phi) is 6.46. The third kappa shape index (κ3) is 5.31. The van der Waals surface area contributed by atoms with Gasteiger partial charge in [-0.15, -0.1) is 0 Å². The number of hydrogen-bond acceptors (Lipinski definition) is 4. The molecule has 3 rings (SSSR count). The Labute approximate surface area is 168 Å². The van der Waals surface area contributed by atoms with Gasteiger partial charge in [0.15, 0.2) is 5.78 Å².